The summed E-state index contributed by atoms with van der Waals surface area (Å²) in [5.41, 5.74) is 0.455. The predicted octanol–water partition coefficient (Wildman–Crippen LogP) is 0.765. The molecule has 0 aliphatic carbocycles. The van der Waals surface area contributed by atoms with Crippen LogP contribution in [0.15, 0.2) is 18.5 Å². The van der Waals surface area contributed by atoms with Crippen molar-refractivity contribution in [3.8, 4) is 0 Å². The van der Waals surface area contributed by atoms with E-state index < -0.39 is 61.8 Å². The number of alkyl carbamates (subject to hydrolysis) is 1. The van der Waals surface area contributed by atoms with Crippen molar-refractivity contribution in [2.75, 3.05) is 31.1 Å². The van der Waals surface area contributed by atoms with Gasteiger partial charge in [-0.05, 0) is 6.07 Å². The topological polar surface area (TPSA) is 130 Å². The highest BCUT2D eigenvalue weighted by Crippen LogP contribution is 2.35. The third kappa shape index (κ3) is 4.73. The first-order chi connectivity index (χ1) is 15.4. The Kier molecular flexibility index (Phi) is 5.45. The minimum Gasteiger partial charge on any atom is -0.438 e. The maximum absolute atomic E-state index is 14.5. The number of ether oxygens (including phenoxy) is 1. The molecule has 0 aromatic carbocycles. The molecule has 0 saturated carbocycles. The van der Waals surface area contributed by atoms with Gasteiger partial charge >= 0.3 is 24.2 Å². The van der Waals surface area contributed by atoms with E-state index in [9.17, 15) is 36.3 Å². The lowest BCUT2D eigenvalue weighted by molar-refractivity contribution is -0.125. The zero-order valence-corrected chi connectivity index (χ0v) is 16.5. The van der Waals surface area contributed by atoms with E-state index in [1.54, 1.807) is 0 Å². The molecule has 2 saturated heterocycles. The van der Waals surface area contributed by atoms with Crippen LogP contribution in [-0.2, 0) is 9.53 Å². The van der Waals surface area contributed by atoms with Crippen LogP contribution in [0, 0.1) is 0 Å². The van der Waals surface area contributed by atoms with Crippen molar-refractivity contribution in [1.82, 2.24) is 30.5 Å². The molecule has 2 atom stereocenters. The number of anilines is 1. The lowest BCUT2D eigenvalue weighted by Crippen LogP contribution is -2.51. The van der Waals surface area contributed by atoms with Gasteiger partial charge in [0.15, 0.2) is 11.8 Å². The van der Waals surface area contributed by atoms with Crippen molar-refractivity contribution in [1.29, 1.82) is 0 Å². The van der Waals surface area contributed by atoms with E-state index in [0.29, 0.717) is 0 Å². The van der Waals surface area contributed by atoms with Gasteiger partial charge < -0.3 is 20.3 Å². The van der Waals surface area contributed by atoms with Gasteiger partial charge in [0.1, 0.15) is 6.54 Å². The van der Waals surface area contributed by atoms with Gasteiger partial charge in [-0.3, -0.25) is 10.1 Å². The number of carbonyl (C=O) groups is 3. The second-order valence-corrected chi connectivity index (χ2v) is 7.41. The molecule has 33 heavy (non-hydrogen) atoms. The summed E-state index contributed by atoms with van der Waals surface area (Å²) in [7, 11) is 0. The van der Waals surface area contributed by atoms with Crippen LogP contribution in [0.25, 0.3) is 5.65 Å². The second kappa shape index (κ2) is 8.00. The number of nitrogens with zero attached hydrogens (tertiary/aromatic N) is 4. The Hall–Kier alpha value is -3.72. The summed E-state index contributed by atoms with van der Waals surface area (Å²) < 4.78 is 71.6. The van der Waals surface area contributed by atoms with E-state index >= 15 is 0 Å². The number of fused-ring (bicyclic) bond motifs is 1. The molecule has 11 nitrogen and oxygen atoms in total. The Morgan fingerprint density at radius 3 is 2.79 bits per heavy atom. The molecule has 178 valence electrons. The zero-order chi connectivity index (χ0) is 24.0. The van der Waals surface area contributed by atoms with Gasteiger partial charge in [0.05, 0.1) is 30.4 Å². The van der Waals surface area contributed by atoms with E-state index in [2.05, 4.69) is 25.5 Å². The zero-order valence-electron chi connectivity index (χ0n) is 16.5. The van der Waals surface area contributed by atoms with Crippen molar-refractivity contribution >= 4 is 29.4 Å². The van der Waals surface area contributed by atoms with Crippen molar-refractivity contribution in [2.45, 2.75) is 24.1 Å². The Morgan fingerprint density at radius 1 is 1.33 bits per heavy atom. The molecule has 2 aromatic heterocycles. The quantitative estimate of drug-likeness (QED) is 0.555. The number of aromatic nitrogens is 3. The van der Waals surface area contributed by atoms with Crippen molar-refractivity contribution < 1.29 is 41.1 Å². The first kappa shape index (κ1) is 22.5. The SMILES string of the molecule is O=C1NCC(c2cc(N3CC(OC(=O)NCC(F)(F)F)C(F)(F)C3)c3nccn3n2)C(=O)N1. The monoisotopic (exact) mass is 477 g/mol. The Morgan fingerprint density at radius 2 is 2.09 bits per heavy atom. The molecule has 2 fully saturated rings. The summed E-state index contributed by atoms with van der Waals surface area (Å²) in [5.74, 6) is -5.12. The normalized spacial score (nSPS) is 22.8. The number of hydrogen-bond acceptors (Lipinski definition) is 7. The van der Waals surface area contributed by atoms with Crippen LogP contribution in [-0.4, -0.2) is 77.0 Å². The molecule has 0 radical (unpaired) electrons. The van der Waals surface area contributed by atoms with Gasteiger partial charge in [-0.15, -0.1) is 0 Å². The van der Waals surface area contributed by atoms with Gasteiger partial charge in [-0.25, -0.2) is 27.9 Å². The third-order valence-electron chi connectivity index (χ3n) is 5.02. The van der Waals surface area contributed by atoms with Gasteiger partial charge in [0, 0.05) is 18.9 Å². The highest BCUT2D eigenvalue weighted by Gasteiger charge is 2.51. The number of imide groups is 1. The van der Waals surface area contributed by atoms with Gasteiger partial charge in [-0.2, -0.15) is 18.3 Å². The molecular formula is C17H16F5N7O4. The predicted molar refractivity (Wildman–Crippen MR) is 98.8 cm³/mol. The Labute approximate surface area is 181 Å². The van der Waals surface area contributed by atoms with Crippen LogP contribution in [0.2, 0.25) is 0 Å². The summed E-state index contributed by atoms with van der Waals surface area (Å²) in [6.45, 7) is -3.27. The first-order valence-electron chi connectivity index (χ1n) is 9.50. The minimum atomic E-state index is -4.73. The molecule has 16 heteroatoms. The lowest BCUT2D eigenvalue weighted by Gasteiger charge is -2.24. The van der Waals surface area contributed by atoms with E-state index in [0.717, 1.165) is 4.90 Å². The van der Waals surface area contributed by atoms with Crippen LogP contribution < -0.4 is 20.9 Å². The van der Waals surface area contributed by atoms with Crippen LogP contribution in [0.4, 0.5) is 37.2 Å². The molecule has 4 rings (SSSR count). The average molecular weight is 477 g/mol. The number of imidazole rings is 1. The van der Waals surface area contributed by atoms with Gasteiger partial charge in [0.2, 0.25) is 5.91 Å². The van der Waals surface area contributed by atoms with Crippen LogP contribution in [0.1, 0.15) is 11.6 Å². The van der Waals surface area contributed by atoms with Crippen molar-refractivity contribution in [2.24, 2.45) is 0 Å². The molecule has 0 spiro atoms. The maximum atomic E-state index is 14.5. The summed E-state index contributed by atoms with van der Waals surface area (Å²) >= 11 is 0. The fourth-order valence-corrected chi connectivity index (χ4v) is 3.50. The van der Waals surface area contributed by atoms with E-state index in [1.165, 1.54) is 28.3 Å². The van der Waals surface area contributed by atoms with E-state index in [1.807, 2.05) is 0 Å². The number of hydrogen-bond donors (Lipinski definition) is 3. The smallest absolute Gasteiger partial charge is 0.408 e. The van der Waals surface area contributed by atoms with Crippen molar-refractivity contribution in [3.63, 3.8) is 0 Å². The average Bonchev–Trinajstić information content (AvgIpc) is 3.29. The molecule has 2 aliphatic heterocycles. The fraction of sp³-hybridized carbons (Fsp3) is 0.471. The second-order valence-electron chi connectivity index (χ2n) is 7.41. The molecule has 4 heterocycles. The van der Waals surface area contributed by atoms with Gasteiger partial charge in [-0.1, -0.05) is 0 Å². The molecule has 2 unspecified atom stereocenters. The molecule has 2 aliphatic rings. The molecule has 0 bridgehead atoms. The van der Waals surface area contributed by atoms with E-state index in [-0.39, 0.29) is 23.6 Å². The van der Waals surface area contributed by atoms with Crippen molar-refractivity contribution in [3.05, 3.63) is 24.2 Å². The summed E-state index contributed by atoms with van der Waals surface area (Å²) in [5, 5.41) is 10.2. The summed E-state index contributed by atoms with van der Waals surface area (Å²) in [6, 6.07) is 0.676. The standard InChI is InChI=1S/C17H16F5N7O4/c18-16(19)7-28(5-11(16)33-15(32)25-6-17(20,21)22)10-3-9(27-29-2-1-23-12(10)29)8-4-24-14(31)26-13(8)30/h1-3,8,11H,4-7H2,(H,25,32)(H2,24,26,30,31). The minimum absolute atomic E-state index is 0.0709. The maximum Gasteiger partial charge on any atom is 0.408 e. The Balaban J connectivity index is 1.57. The van der Waals surface area contributed by atoms with E-state index in [4.69, 9.17) is 0 Å². The number of halogens is 5. The fourth-order valence-electron chi connectivity index (χ4n) is 3.50. The largest absolute Gasteiger partial charge is 0.438 e. The molecule has 4 amide bonds. The van der Waals surface area contributed by atoms with Gasteiger partial charge in [0.25, 0.3) is 0 Å². The number of amides is 4. The van der Waals surface area contributed by atoms with Crippen LogP contribution in [0.5, 0.6) is 0 Å². The Bertz CT molecular complexity index is 1110. The summed E-state index contributed by atoms with van der Waals surface area (Å²) in [6.07, 6.45) is -5.61. The number of alkyl halides is 5. The van der Waals surface area contributed by atoms with Crippen LogP contribution >= 0.6 is 0 Å². The third-order valence-corrected chi connectivity index (χ3v) is 5.02. The molecular weight excluding hydrogens is 461 g/mol. The summed E-state index contributed by atoms with van der Waals surface area (Å²) in [4.78, 5) is 40.3. The molecule has 2 aromatic rings. The molecule has 3 N–H and O–H groups in total. The van der Waals surface area contributed by atoms with Crippen LogP contribution in [0.3, 0.4) is 0 Å². The highest BCUT2D eigenvalue weighted by molar-refractivity contribution is 6.00. The number of rotatable bonds is 4. The number of urea groups is 1. The lowest BCUT2D eigenvalue weighted by atomic mass is 10.0. The highest BCUT2D eigenvalue weighted by atomic mass is 19.4. The number of nitrogens with one attached hydrogen (secondary N) is 3. The first-order valence-corrected chi connectivity index (χ1v) is 9.50. The number of carbonyl (C=O) groups excluding carboxylic acids is 3.